The number of halogens is 1. The lowest BCUT2D eigenvalue weighted by Gasteiger charge is -2.16. The van der Waals surface area contributed by atoms with E-state index in [1.165, 1.54) is 6.07 Å². The molecule has 4 nitrogen and oxygen atoms in total. The number of hydrogen-bond donors (Lipinski definition) is 3. The summed E-state index contributed by atoms with van der Waals surface area (Å²) in [5, 5.41) is 12.2. The number of nitrogens with two attached hydrogens (primary N) is 1. The van der Waals surface area contributed by atoms with Crippen molar-refractivity contribution in [3.8, 4) is 5.75 Å². The topological polar surface area (TPSA) is 75.3 Å². The molecule has 0 spiro atoms. The van der Waals surface area contributed by atoms with Crippen molar-refractivity contribution in [1.29, 1.82) is 0 Å². The molecule has 5 heteroatoms. The van der Waals surface area contributed by atoms with E-state index in [0.29, 0.717) is 6.54 Å². The van der Waals surface area contributed by atoms with Gasteiger partial charge in [-0.15, -0.1) is 0 Å². The van der Waals surface area contributed by atoms with Crippen molar-refractivity contribution in [2.45, 2.75) is 25.3 Å². The minimum atomic E-state index is -0.546. The first-order chi connectivity index (χ1) is 8.58. The van der Waals surface area contributed by atoms with Gasteiger partial charge in [-0.2, -0.15) is 0 Å². The Balaban J connectivity index is 1.97. The molecule has 0 heterocycles. The zero-order valence-corrected chi connectivity index (χ0v) is 10.0. The highest BCUT2D eigenvalue weighted by Gasteiger charge is 2.24. The van der Waals surface area contributed by atoms with E-state index in [0.717, 1.165) is 31.4 Å². The van der Waals surface area contributed by atoms with E-state index in [1.54, 1.807) is 0 Å². The zero-order valence-electron chi connectivity index (χ0n) is 10.0. The first kappa shape index (κ1) is 12.8. The highest BCUT2D eigenvalue weighted by molar-refractivity contribution is 5.96. The molecule has 1 aromatic rings. The average molecular weight is 252 g/mol. The molecule has 0 saturated heterocycles. The van der Waals surface area contributed by atoms with Crippen LogP contribution in [0.2, 0.25) is 0 Å². The average Bonchev–Trinajstić information content (AvgIpc) is 2.75. The molecular weight excluding hydrogens is 235 g/mol. The van der Waals surface area contributed by atoms with Gasteiger partial charge in [0.25, 0.3) is 5.91 Å². The van der Waals surface area contributed by atoms with Crippen LogP contribution in [0.15, 0.2) is 18.2 Å². The lowest BCUT2D eigenvalue weighted by molar-refractivity contribution is 0.0943. The number of aromatic hydroxyl groups is 1. The third-order valence-corrected chi connectivity index (χ3v) is 3.45. The molecule has 98 valence electrons. The number of nitrogens with one attached hydrogen (secondary N) is 1. The summed E-state index contributed by atoms with van der Waals surface area (Å²) in [6, 6.07) is 3.43. The molecule has 0 bridgehead atoms. The Kier molecular flexibility index (Phi) is 3.81. The van der Waals surface area contributed by atoms with Crippen LogP contribution in [0.1, 0.15) is 29.6 Å². The Labute approximate surface area is 105 Å². The number of hydrogen-bond acceptors (Lipinski definition) is 3. The molecule has 0 radical (unpaired) electrons. The molecule has 18 heavy (non-hydrogen) atoms. The molecule has 1 aromatic carbocycles. The van der Waals surface area contributed by atoms with Crippen molar-refractivity contribution in [3.05, 3.63) is 29.6 Å². The van der Waals surface area contributed by atoms with E-state index >= 15 is 0 Å². The molecule has 1 fully saturated rings. The first-order valence-electron chi connectivity index (χ1n) is 6.10. The Morgan fingerprint density at radius 1 is 1.50 bits per heavy atom. The molecule has 0 aromatic heterocycles. The van der Waals surface area contributed by atoms with Gasteiger partial charge in [0, 0.05) is 12.6 Å². The van der Waals surface area contributed by atoms with Crippen molar-refractivity contribution < 1.29 is 14.3 Å². The number of amides is 1. The highest BCUT2D eigenvalue weighted by atomic mass is 19.1. The number of benzene rings is 1. The van der Waals surface area contributed by atoms with Gasteiger partial charge in [0.05, 0.1) is 5.56 Å². The van der Waals surface area contributed by atoms with Crippen molar-refractivity contribution in [2.24, 2.45) is 11.7 Å². The van der Waals surface area contributed by atoms with E-state index in [1.807, 2.05) is 0 Å². The fourth-order valence-corrected chi connectivity index (χ4v) is 2.33. The Morgan fingerprint density at radius 2 is 2.28 bits per heavy atom. The Hall–Kier alpha value is -1.62. The number of phenols is 1. The summed E-state index contributed by atoms with van der Waals surface area (Å²) in [4.78, 5) is 11.8. The third kappa shape index (κ3) is 2.79. The fraction of sp³-hybridized carbons (Fsp3) is 0.462. The van der Waals surface area contributed by atoms with Crippen LogP contribution >= 0.6 is 0 Å². The molecule has 0 aliphatic heterocycles. The molecule has 1 amide bonds. The van der Waals surface area contributed by atoms with E-state index in [-0.39, 0.29) is 23.3 Å². The second-order valence-corrected chi connectivity index (χ2v) is 4.73. The molecule has 2 rings (SSSR count). The monoisotopic (exact) mass is 252 g/mol. The Bertz CT molecular complexity index is 451. The van der Waals surface area contributed by atoms with Gasteiger partial charge in [0.1, 0.15) is 11.6 Å². The third-order valence-electron chi connectivity index (χ3n) is 3.45. The van der Waals surface area contributed by atoms with E-state index in [4.69, 9.17) is 5.73 Å². The van der Waals surface area contributed by atoms with Crippen LogP contribution in [-0.4, -0.2) is 23.6 Å². The van der Waals surface area contributed by atoms with Gasteiger partial charge in [-0.05, 0) is 37.0 Å². The summed E-state index contributed by atoms with van der Waals surface area (Å²) in [5.74, 6) is -0.962. The summed E-state index contributed by atoms with van der Waals surface area (Å²) in [7, 11) is 0. The van der Waals surface area contributed by atoms with Crippen LogP contribution in [0.3, 0.4) is 0 Å². The molecule has 2 unspecified atom stereocenters. The van der Waals surface area contributed by atoms with Crippen molar-refractivity contribution in [3.63, 3.8) is 0 Å². The maximum atomic E-state index is 13.0. The second kappa shape index (κ2) is 5.35. The van der Waals surface area contributed by atoms with Gasteiger partial charge in [-0.3, -0.25) is 4.79 Å². The van der Waals surface area contributed by atoms with Crippen molar-refractivity contribution in [1.82, 2.24) is 5.32 Å². The second-order valence-electron chi connectivity index (χ2n) is 4.73. The van der Waals surface area contributed by atoms with Crippen LogP contribution in [0.25, 0.3) is 0 Å². The quantitative estimate of drug-likeness (QED) is 0.761. The molecule has 1 aliphatic rings. The summed E-state index contributed by atoms with van der Waals surface area (Å²) in [6.45, 7) is 0.468. The maximum Gasteiger partial charge on any atom is 0.255 e. The van der Waals surface area contributed by atoms with Crippen LogP contribution in [-0.2, 0) is 0 Å². The van der Waals surface area contributed by atoms with Gasteiger partial charge in [-0.25, -0.2) is 4.39 Å². The number of carbonyl (C=O) groups excluding carboxylic acids is 1. The predicted octanol–water partition coefficient (Wildman–Crippen LogP) is 1.39. The summed E-state index contributed by atoms with van der Waals surface area (Å²) < 4.78 is 13.0. The molecule has 4 N–H and O–H groups in total. The van der Waals surface area contributed by atoms with Crippen LogP contribution in [0.4, 0.5) is 4.39 Å². The van der Waals surface area contributed by atoms with Gasteiger partial charge >= 0.3 is 0 Å². The van der Waals surface area contributed by atoms with E-state index < -0.39 is 11.7 Å². The fourth-order valence-electron chi connectivity index (χ4n) is 2.33. The smallest absolute Gasteiger partial charge is 0.255 e. The minimum Gasteiger partial charge on any atom is -0.507 e. The van der Waals surface area contributed by atoms with Gasteiger partial charge < -0.3 is 16.2 Å². The minimum absolute atomic E-state index is 0.0402. The number of phenolic OH excluding ortho intramolecular Hbond substituents is 1. The zero-order chi connectivity index (χ0) is 13.1. The number of rotatable bonds is 3. The number of carbonyl (C=O) groups is 1. The predicted molar refractivity (Wildman–Crippen MR) is 65.7 cm³/mol. The highest BCUT2D eigenvalue weighted by Crippen LogP contribution is 2.23. The van der Waals surface area contributed by atoms with E-state index in [2.05, 4.69) is 5.32 Å². The summed E-state index contributed by atoms with van der Waals surface area (Å²) in [6.07, 6.45) is 3.05. The lowest BCUT2D eigenvalue weighted by Crippen LogP contribution is -2.36. The van der Waals surface area contributed by atoms with Crippen LogP contribution in [0, 0.1) is 11.7 Å². The van der Waals surface area contributed by atoms with Crippen LogP contribution in [0.5, 0.6) is 5.75 Å². The van der Waals surface area contributed by atoms with Gasteiger partial charge in [0.15, 0.2) is 0 Å². The van der Waals surface area contributed by atoms with Gasteiger partial charge in [0.2, 0.25) is 0 Å². The van der Waals surface area contributed by atoms with E-state index in [9.17, 15) is 14.3 Å². The maximum absolute atomic E-state index is 13.0. The van der Waals surface area contributed by atoms with Crippen molar-refractivity contribution >= 4 is 5.91 Å². The largest absolute Gasteiger partial charge is 0.507 e. The normalized spacial score (nSPS) is 23.0. The SMILES string of the molecule is NC1CCCC1CNC(=O)c1cc(F)ccc1O. The first-order valence-corrected chi connectivity index (χ1v) is 6.10. The molecular formula is C13H17FN2O2. The molecule has 1 saturated carbocycles. The molecule has 2 atom stereocenters. The Morgan fingerprint density at radius 3 is 2.94 bits per heavy atom. The van der Waals surface area contributed by atoms with Crippen LogP contribution < -0.4 is 11.1 Å². The standard InChI is InChI=1S/C13H17FN2O2/c14-9-4-5-12(17)10(6-9)13(18)16-7-8-2-1-3-11(8)15/h4-6,8,11,17H,1-3,7,15H2,(H,16,18). The summed E-state index contributed by atoms with van der Waals surface area (Å²) in [5.41, 5.74) is 5.86. The molecule has 1 aliphatic carbocycles. The summed E-state index contributed by atoms with van der Waals surface area (Å²) >= 11 is 0. The van der Waals surface area contributed by atoms with Crippen molar-refractivity contribution in [2.75, 3.05) is 6.54 Å². The lowest BCUT2D eigenvalue weighted by atomic mass is 10.0. The van der Waals surface area contributed by atoms with Gasteiger partial charge in [-0.1, -0.05) is 6.42 Å².